The van der Waals surface area contributed by atoms with Crippen molar-refractivity contribution in [2.24, 2.45) is 0 Å². The quantitative estimate of drug-likeness (QED) is 0.784. The van der Waals surface area contributed by atoms with Crippen molar-refractivity contribution in [2.45, 2.75) is 11.7 Å². The van der Waals surface area contributed by atoms with Gasteiger partial charge in [-0.25, -0.2) is 0 Å². The highest BCUT2D eigenvalue weighted by Crippen LogP contribution is 2.31. The first kappa shape index (κ1) is 15.3. The Balaban J connectivity index is 2.28. The van der Waals surface area contributed by atoms with Crippen LogP contribution >= 0.6 is 34.7 Å². The first-order valence-corrected chi connectivity index (χ1v) is 7.82. The van der Waals surface area contributed by atoms with E-state index >= 15 is 0 Å². The minimum absolute atomic E-state index is 0.0592. The number of carbonyl (C=O) groups is 1. The van der Waals surface area contributed by atoms with Gasteiger partial charge in [0.25, 0.3) is 0 Å². The van der Waals surface area contributed by atoms with E-state index in [-0.39, 0.29) is 5.75 Å². The van der Waals surface area contributed by atoms with Gasteiger partial charge in [-0.2, -0.15) is 0 Å². The number of thioether (sulfide) groups is 1. The summed E-state index contributed by atoms with van der Waals surface area (Å²) in [6.45, 7) is 1.04. The van der Waals surface area contributed by atoms with Crippen LogP contribution in [0, 0.1) is 0 Å². The number of aliphatic carboxylic acids is 1. The van der Waals surface area contributed by atoms with Crippen LogP contribution in [-0.4, -0.2) is 45.3 Å². The summed E-state index contributed by atoms with van der Waals surface area (Å²) in [5, 5.41) is 17.5. The molecule has 0 saturated heterocycles. The molecule has 0 aliphatic carbocycles. The Bertz CT molecular complexity index is 600. The van der Waals surface area contributed by atoms with Crippen molar-refractivity contribution in [3.8, 4) is 10.7 Å². The van der Waals surface area contributed by atoms with E-state index in [1.807, 2.05) is 10.6 Å². The summed E-state index contributed by atoms with van der Waals surface area (Å²) in [4.78, 5) is 11.5. The van der Waals surface area contributed by atoms with Crippen LogP contribution in [0.2, 0.25) is 4.34 Å². The van der Waals surface area contributed by atoms with Gasteiger partial charge in [0.15, 0.2) is 11.0 Å². The fourth-order valence-corrected chi connectivity index (χ4v) is 3.24. The van der Waals surface area contributed by atoms with Crippen molar-refractivity contribution in [1.82, 2.24) is 14.8 Å². The Morgan fingerprint density at radius 3 is 2.95 bits per heavy atom. The monoisotopic (exact) mass is 333 g/mol. The zero-order valence-electron chi connectivity index (χ0n) is 10.6. The van der Waals surface area contributed by atoms with Crippen molar-refractivity contribution in [2.75, 3.05) is 19.5 Å². The highest BCUT2D eigenvalue weighted by Gasteiger charge is 2.16. The van der Waals surface area contributed by atoms with Gasteiger partial charge in [-0.3, -0.25) is 9.36 Å². The molecule has 0 aliphatic heterocycles. The maximum atomic E-state index is 10.7. The second kappa shape index (κ2) is 7.07. The van der Waals surface area contributed by atoms with Gasteiger partial charge in [-0.05, 0) is 12.1 Å². The number of hydrogen-bond donors (Lipinski definition) is 1. The summed E-state index contributed by atoms with van der Waals surface area (Å²) in [5.74, 6) is -0.278. The Labute approximate surface area is 128 Å². The molecule has 0 spiro atoms. The number of rotatable bonds is 7. The maximum Gasteiger partial charge on any atom is 0.313 e. The highest BCUT2D eigenvalue weighted by atomic mass is 35.5. The van der Waals surface area contributed by atoms with E-state index in [1.165, 1.54) is 11.3 Å². The molecule has 20 heavy (non-hydrogen) atoms. The van der Waals surface area contributed by atoms with Crippen molar-refractivity contribution >= 4 is 40.7 Å². The summed E-state index contributed by atoms with van der Waals surface area (Å²) >= 11 is 8.47. The molecule has 2 aromatic heterocycles. The third-order valence-electron chi connectivity index (χ3n) is 2.35. The molecule has 0 bridgehead atoms. The van der Waals surface area contributed by atoms with E-state index in [1.54, 1.807) is 13.2 Å². The van der Waals surface area contributed by atoms with E-state index in [0.717, 1.165) is 16.6 Å². The molecule has 9 heteroatoms. The maximum absolute atomic E-state index is 10.7. The van der Waals surface area contributed by atoms with E-state index in [0.29, 0.717) is 28.5 Å². The molecule has 0 aromatic carbocycles. The number of carboxylic acid groups (broad SMARTS) is 1. The summed E-state index contributed by atoms with van der Waals surface area (Å²) in [6, 6.07) is 3.66. The number of ether oxygens (including phenoxy) is 1. The summed E-state index contributed by atoms with van der Waals surface area (Å²) in [6.07, 6.45) is 0. The van der Waals surface area contributed by atoms with Crippen LogP contribution < -0.4 is 0 Å². The lowest BCUT2D eigenvalue weighted by atomic mass is 10.4. The number of nitrogens with zero attached hydrogens (tertiary/aromatic N) is 3. The van der Waals surface area contributed by atoms with Crippen LogP contribution in [0.5, 0.6) is 0 Å². The smallest absolute Gasteiger partial charge is 0.313 e. The van der Waals surface area contributed by atoms with Gasteiger partial charge in [0.2, 0.25) is 0 Å². The number of carboxylic acids is 1. The standard InChI is InChI=1S/C11H12ClN3O3S2/c1-18-5-4-15-10(7-2-3-8(12)20-7)13-14-11(15)19-6-9(16)17/h2-3H,4-6H2,1H3,(H,16,17). The van der Waals surface area contributed by atoms with Gasteiger partial charge in [-0.15, -0.1) is 21.5 Å². The molecule has 2 aromatic rings. The van der Waals surface area contributed by atoms with Crippen LogP contribution in [0.15, 0.2) is 17.3 Å². The normalized spacial score (nSPS) is 10.9. The Morgan fingerprint density at radius 2 is 2.35 bits per heavy atom. The zero-order valence-corrected chi connectivity index (χ0v) is 13.0. The molecular formula is C11H12ClN3O3S2. The van der Waals surface area contributed by atoms with Crippen LogP contribution in [0.25, 0.3) is 10.7 Å². The van der Waals surface area contributed by atoms with Crippen LogP contribution in [-0.2, 0) is 16.1 Å². The van der Waals surface area contributed by atoms with Gasteiger partial charge in [0, 0.05) is 7.11 Å². The van der Waals surface area contributed by atoms with Gasteiger partial charge < -0.3 is 9.84 Å². The number of halogens is 1. The first-order valence-electron chi connectivity index (χ1n) is 5.64. The Morgan fingerprint density at radius 1 is 1.55 bits per heavy atom. The zero-order chi connectivity index (χ0) is 14.5. The van der Waals surface area contributed by atoms with E-state index in [9.17, 15) is 4.79 Å². The number of methoxy groups -OCH3 is 1. The van der Waals surface area contributed by atoms with Crippen LogP contribution in [0.3, 0.4) is 0 Å². The van der Waals surface area contributed by atoms with Crippen molar-refractivity contribution in [3.05, 3.63) is 16.5 Å². The summed E-state index contributed by atoms with van der Waals surface area (Å²) in [7, 11) is 1.61. The van der Waals surface area contributed by atoms with Gasteiger partial charge in [0.1, 0.15) is 0 Å². The molecule has 2 heterocycles. The lowest BCUT2D eigenvalue weighted by molar-refractivity contribution is -0.133. The van der Waals surface area contributed by atoms with Gasteiger partial charge in [0.05, 0.1) is 28.1 Å². The van der Waals surface area contributed by atoms with Crippen molar-refractivity contribution in [1.29, 1.82) is 0 Å². The molecule has 2 rings (SSSR count). The second-order valence-electron chi connectivity index (χ2n) is 3.74. The second-order valence-corrected chi connectivity index (χ2v) is 6.39. The third-order valence-corrected chi connectivity index (χ3v) is 4.53. The SMILES string of the molecule is COCCn1c(SCC(=O)O)nnc1-c1ccc(Cl)s1. The third kappa shape index (κ3) is 3.72. The Hall–Kier alpha value is -1.09. The van der Waals surface area contributed by atoms with Crippen molar-refractivity contribution in [3.63, 3.8) is 0 Å². The highest BCUT2D eigenvalue weighted by molar-refractivity contribution is 7.99. The largest absolute Gasteiger partial charge is 0.481 e. The molecule has 0 fully saturated rings. The average Bonchev–Trinajstić information content (AvgIpc) is 2.99. The molecule has 1 N–H and O–H groups in total. The summed E-state index contributed by atoms with van der Waals surface area (Å²) < 4.78 is 7.58. The van der Waals surface area contributed by atoms with Crippen LogP contribution in [0.4, 0.5) is 0 Å². The predicted octanol–water partition coefficient (Wildman–Crippen LogP) is 2.48. The predicted molar refractivity (Wildman–Crippen MR) is 78.6 cm³/mol. The molecule has 0 aliphatic rings. The lowest BCUT2D eigenvalue weighted by Gasteiger charge is -2.07. The Kier molecular flexibility index (Phi) is 5.41. The molecule has 0 unspecified atom stereocenters. The molecule has 0 radical (unpaired) electrons. The van der Waals surface area contributed by atoms with E-state index < -0.39 is 5.97 Å². The topological polar surface area (TPSA) is 77.2 Å². The minimum Gasteiger partial charge on any atom is -0.481 e. The fraction of sp³-hybridized carbons (Fsp3) is 0.364. The van der Waals surface area contributed by atoms with E-state index in [4.69, 9.17) is 21.4 Å². The first-order chi connectivity index (χ1) is 9.61. The molecule has 0 saturated carbocycles. The number of aromatic nitrogens is 3. The molecule has 6 nitrogen and oxygen atoms in total. The molecule has 0 atom stereocenters. The van der Waals surface area contributed by atoms with Crippen LogP contribution in [0.1, 0.15) is 0 Å². The average molecular weight is 334 g/mol. The van der Waals surface area contributed by atoms with Gasteiger partial charge in [-0.1, -0.05) is 23.4 Å². The number of thiophene rings is 1. The fourth-order valence-electron chi connectivity index (χ4n) is 1.52. The molecule has 108 valence electrons. The minimum atomic E-state index is -0.892. The molecular weight excluding hydrogens is 322 g/mol. The summed E-state index contributed by atoms with van der Waals surface area (Å²) in [5.41, 5.74) is 0. The van der Waals surface area contributed by atoms with E-state index in [2.05, 4.69) is 10.2 Å². The number of hydrogen-bond acceptors (Lipinski definition) is 6. The lowest BCUT2D eigenvalue weighted by Crippen LogP contribution is -2.08. The molecule has 0 amide bonds. The van der Waals surface area contributed by atoms with Crippen molar-refractivity contribution < 1.29 is 14.6 Å². The van der Waals surface area contributed by atoms with Gasteiger partial charge >= 0.3 is 5.97 Å².